The van der Waals surface area contributed by atoms with Gasteiger partial charge in [-0.15, -0.1) is 23.7 Å². The second-order valence-corrected chi connectivity index (χ2v) is 5.42. The summed E-state index contributed by atoms with van der Waals surface area (Å²) < 4.78 is 5.66. The van der Waals surface area contributed by atoms with Crippen LogP contribution >= 0.6 is 39.7 Å². The highest BCUT2D eigenvalue weighted by molar-refractivity contribution is 9.10. The summed E-state index contributed by atoms with van der Waals surface area (Å²) in [6.45, 7) is -0.0917. The van der Waals surface area contributed by atoms with Crippen LogP contribution in [0, 0.1) is 10.1 Å². The van der Waals surface area contributed by atoms with Gasteiger partial charge in [0.1, 0.15) is 10.9 Å². The van der Waals surface area contributed by atoms with Gasteiger partial charge in [-0.05, 0) is 15.9 Å². The zero-order chi connectivity index (χ0) is 14.7. The van der Waals surface area contributed by atoms with Crippen molar-refractivity contribution >= 4 is 62.3 Å². The second kappa shape index (κ2) is 7.38. The normalized spacial score (nSPS) is 9.81. The number of aromatic nitrogens is 1. The van der Waals surface area contributed by atoms with E-state index in [0.717, 1.165) is 0 Å². The molecule has 2 aromatic rings. The Morgan fingerprint density at radius 3 is 2.95 bits per heavy atom. The molecule has 2 rings (SSSR count). The summed E-state index contributed by atoms with van der Waals surface area (Å²) in [4.78, 5) is 27.4. The van der Waals surface area contributed by atoms with E-state index in [1.165, 1.54) is 35.6 Å². The van der Waals surface area contributed by atoms with Crippen LogP contribution in [0.3, 0.4) is 0 Å². The van der Waals surface area contributed by atoms with Crippen LogP contribution in [0.25, 0.3) is 0 Å². The molecule has 0 atom stereocenters. The van der Waals surface area contributed by atoms with Crippen molar-refractivity contribution in [1.82, 2.24) is 4.98 Å². The Morgan fingerprint density at radius 1 is 1.67 bits per heavy atom. The van der Waals surface area contributed by atoms with Crippen LogP contribution in [-0.4, -0.2) is 29.4 Å². The number of anilines is 2. The van der Waals surface area contributed by atoms with E-state index in [1.807, 2.05) is 0 Å². The Morgan fingerprint density at radius 2 is 2.38 bits per heavy atom. The summed E-state index contributed by atoms with van der Waals surface area (Å²) in [5, 5.41) is 15.5. The SMILES string of the molecule is CN(CC(=O)Nc1nc(Br)cs1)c1occc1[N+](=O)[O-].Cl. The molecule has 0 aromatic carbocycles. The number of hydrogen-bond donors (Lipinski definition) is 1. The summed E-state index contributed by atoms with van der Waals surface area (Å²) >= 11 is 4.45. The third-order valence-electron chi connectivity index (χ3n) is 2.27. The third-order valence-corrected chi connectivity index (χ3v) is 3.74. The predicted octanol–water partition coefficient (Wildman–Crippen LogP) is 2.90. The van der Waals surface area contributed by atoms with E-state index in [2.05, 4.69) is 26.2 Å². The van der Waals surface area contributed by atoms with Gasteiger partial charge in [0.15, 0.2) is 5.13 Å². The molecule has 0 saturated heterocycles. The predicted molar refractivity (Wildman–Crippen MR) is 84.3 cm³/mol. The average Bonchev–Trinajstić information content (AvgIpc) is 2.97. The van der Waals surface area contributed by atoms with Crippen molar-refractivity contribution in [2.24, 2.45) is 0 Å². The molecule has 0 aliphatic heterocycles. The number of halogens is 2. The summed E-state index contributed by atoms with van der Waals surface area (Å²) in [6.07, 6.45) is 1.21. The monoisotopic (exact) mass is 396 g/mol. The lowest BCUT2D eigenvalue weighted by atomic mass is 10.4. The van der Waals surface area contributed by atoms with Gasteiger partial charge < -0.3 is 14.6 Å². The highest BCUT2D eigenvalue weighted by Crippen LogP contribution is 2.28. The number of thiazole rings is 1. The first-order valence-electron chi connectivity index (χ1n) is 5.31. The molecule has 1 N–H and O–H groups in total. The van der Waals surface area contributed by atoms with Gasteiger partial charge in [-0.1, -0.05) is 0 Å². The molecule has 0 bridgehead atoms. The van der Waals surface area contributed by atoms with Crippen LogP contribution in [-0.2, 0) is 4.79 Å². The summed E-state index contributed by atoms with van der Waals surface area (Å²) in [7, 11) is 1.53. The van der Waals surface area contributed by atoms with Crippen LogP contribution in [0.4, 0.5) is 16.7 Å². The number of carbonyl (C=O) groups is 1. The smallest absolute Gasteiger partial charge is 0.332 e. The fraction of sp³-hybridized carbons (Fsp3) is 0.200. The molecule has 1 amide bonds. The first kappa shape index (κ1) is 17.4. The van der Waals surface area contributed by atoms with Gasteiger partial charge in [-0.25, -0.2) is 4.98 Å². The van der Waals surface area contributed by atoms with Gasteiger partial charge in [-0.3, -0.25) is 14.9 Å². The Bertz CT molecular complexity index is 647. The van der Waals surface area contributed by atoms with Crippen molar-refractivity contribution in [1.29, 1.82) is 0 Å². The van der Waals surface area contributed by atoms with Crippen molar-refractivity contribution < 1.29 is 14.1 Å². The maximum Gasteiger partial charge on any atom is 0.332 e. The molecule has 0 fully saturated rings. The number of nitrogens with zero attached hydrogens (tertiary/aromatic N) is 3. The molecule has 114 valence electrons. The van der Waals surface area contributed by atoms with Crippen LogP contribution in [0.15, 0.2) is 26.7 Å². The molecule has 0 spiro atoms. The lowest BCUT2D eigenvalue weighted by Crippen LogP contribution is -2.30. The second-order valence-electron chi connectivity index (χ2n) is 3.75. The van der Waals surface area contributed by atoms with Crippen LogP contribution in [0.5, 0.6) is 0 Å². The van der Waals surface area contributed by atoms with E-state index in [0.29, 0.717) is 9.73 Å². The van der Waals surface area contributed by atoms with E-state index in [-0.39, 0.29) is 36.4 Å². The Kier molecular flexibility index (Phi) is 6.12. The minimum atomic E-state index is -0.564. The van der Waals surface area contributed by atoms with E-state index < -0.39 is 4.92 Å². The Labute approximate surface area is 137 Å². The van der Waals surface area contributed by atoms with Crippen molar-refractivity contribution in [2.75, 3.05) is 23.8 Å². The number of furan rings is 1. The quantitative estimate of drug-likeness (QED) is 0.615. The Hall–Kier alpha value is -1.65. The maximum atomic E-state index is 11.8. The van der Waals surface area contributed by atoms with Crippen molar-refractivity contribution in [3.05, 3.63) is 32.4 Å². The molecule has 0 aliphatic rings. The molecule has 8 nitrogen and oxygen atoms in total. The van der Waals surface area contributed by atoms with Gasteiger partial charge in [0.25, 0.3) is 5.88 Å². The van der Waals surface area contributed by atoms with Gasteiger partial charge in [-0.2, -0.15) is 0 Å². The minimum Gasteiger partial charge on any atom is -0.443 e. The summed E-state index contributed by atoms with van der Waals surface area (Å²) in [6, 6.07) is 1.24. The third kappa shape index (κ3) is 4.41. The first-order valence-corrected chi connectivity index (χ1v) is 6.98. The summed E-state index contributed by atoms with van der Waals surface area (Å²) in [5.41, 5.74) is -0.183. The summed E-state index contributed by atoms with van der Waals surface area (Å²) in [5.74, 6) is -0.314. The zero-order valence-electron chi connectivity index (χ0n) is 10.6. The molecule has 0 saturated carbocycles. The average molecular weight is 398 g/mol. The van der Waals surface area contributed by atoms with Gasteiger partial charge >= 0.3 is 5.69 Å². The van der Waals surface area contributed by atoms with Crippen molar-refractivity contribution in [3.8, 4) is 0 Å². The lowest BCUT2D eigenvalue weighted by molar-refractivity contribution is -0.384. The molecular formula is C10H10BrClN4O4S. The fourth-order valence-corrected chi connectivity index (χ4v) is 2.64. The van der Waals surface area contributed by atoms with E-state index in [1.54, 1.807) is 5.38 Å². The number of nitro groups is 1. The van der Waals surface area contributed by atoms with Crippen LogP contribution in [0.1, 0.15) is 0 Å². The van der Waals surface area contributed by atoms with Crippen LogP contribution in [0.2, 0.25) is 0 Å². The molecule has 2 heterocycles. The van der Waals surface area contributed by atoms with E-state index in [9.17, 15) is 14.9 Å². The number of carbonyl (C=O) groups excluding carboxylic acids is 1. The topological polar surface area (TPSA) is 102 Å². The van der Waals surface area contributed by atoms with Crippen LogP contribution < -0.4 is 10.2 Å². The van der Waals surface area contributed by atoms with Gasteiger partial charge in [0, 0.05) is 12.4 Å². The number of hydrogen-bond acceptors (Lipinski definition) is 7. The lowest BCUT2D eigenvalue weighted by Gasteiger charge is -2.14. The van der Waals surface area contributed by atoms with Crippen molar-refractivity contribution in [3.63, 3.8) is 0 Å². The first-order chi connectivity index (χ1) is 9.47. The van der Waals surface area contributed by atoms with Crippen molar-refractivity contribution in [2.45, 2.75) is 0 Å². The Balaban J connectivity index is 0.00000220. The number of amides is 1. The number of likely N-dealkylation sites (N-methyl/N-ethyl adjacent to an activating group) is 1. The fourth-order valence-electron chi connectivity index (χ4n) is 1.48. The minimum absolute atomic E-state index is 0. The number of rotatable bonds is 5. The standard InChI is InChI=1S/C10H9BrN4O4S.ClH/c1-14(9-6(15(17)18)2-3-19-9)4-8(16)13-10-12-7(11)5-20-10;/h2-3,5H,4H2,1H3,(H,12,13,16);1H. The molecule has 0 unspecified atom stereocenters. The largest absolute Gasteiger partial charge is 0.443 e. The highest BCUT2D eigenvalue weighted by atomic mass is 79.9. The molecule has 0 aliphatic carbocycles. The van der Waals surface area contributed by atoms with Gasteiger partial charge in [0.05, 0.1) is 17.5 Å². The van der Waals surface area contributed by atoms with Gasteiger partial charge in [0.2, 0.25) is 5.91 Å². The van der Waals surface area contributed by atoms with E-state index in [4.69, 9.17) is 4.42 Å². The molecule has 21 heavy (non-hydrogen) atoms. The highest BCUT2D eigenvalue weighted by Gasteiger charge is 2.22. The zero-order valence-corrected chi connectivity index (χ0v) is 13.8. The molecule has 0 radical (unpaired) electrons. The molecular weight excluding hydrogens is 388 g/mol. The molecule has 11 heteroatoms. The molecule has 2 aromatic heterocycles. The number of nitrogens with one attached hydrogen (secondary N) is 1. The maximum absolute atomic E-state index is 11.8. The van der Waals surface area contributed by atoms with E-state index >= 15 is 0 Å².